The van der Waals surface area contributed by atoms with E-state index in [9.17, 15) is 9.90 Å². The normalized spacial score (nSPS) is 13.1. The van der Waals surface area contributed by atoms with Crippen molar-refractivity contribution >= 4 is 17.3 Å². The number of aryl methyl sites for hydroxylation is 1. The van der Waals surface area contributed by atoms with Crippen molar-refractivity contribution < 1.29 is 14.6 Å². The SMILES string of the molecule is CC(C)(C)OC(=O)NCC(O)CCn1cnc2ncccc21. The van der Waals surface area contributed by atoms with Gasteiger partial charge in [-0.05, 0) is 39.3 Å². The quantitative estimate of drug-likeness (QED) is 0.877. The molecule has 1 amide bonds. The highest BCUT2D eigenvalue weighted by Crippen LogP contribution is 2.10. The number of nitrogens with one attached hydrogen (secondary N) is 1. The molecule has 0 aliphatic rings. The van der Waals surface area contributed by atoms with E-state index in [4.69, 9.17) is 4.74 Å². The summed E-state index contributed by atoms with van der Waals surface area (Å²) in [6.45, 7) is 6.13. The monoisotopic (exact) mass is 306 g/mol. The highest BCUT2D eigenvalue weighted by atomic mass is 16.6. The molecule has 0 aliphatic carbocycles. The van der Waals surface area contributed by atoms with Crippen LogP contribution in [0.5, 0.6) is 0 Å². The molecule has 0 radical (unpaired) electrons. The number of carbonyl (C=O) groups excluding carboxylic acids is 1. The summed E-state index contributed by atoms with van der Waals surface area (Å²) in [5.41, 5.74) is 1.07. The molecule has 2 aromatic rings. The molecule has 1 atom stereocenters. The maximum atomic E-state index is 11.5. The topological polar surface area (TPSA) is 89.3 Å². The van der Waals surface area contributed by atoms with Crippen molar-refractivity contribution in [1.82, 2.24) is 19.9 Å². The van der Waals surface area contributed by atoms with E-state index in [0.717, 1.165) is 5.52 Å². The van der Waals surface area contributed by atoms with Crippen molar-refractivity contribution in [2.45, 2.75) is 45.4 Å². The molecule has 22 heavy (non-hydrogen) atoms. The van der Waals surface area contributed by atoms with E-state index >= 15 is 0 Å². The molecular weight excluding hydrogens is 284 g/mol. The Bertz CT molecular complexity index is 633. The van der Waals surface area contributed by atoms with Gasteiger partial charge >= 0.3 is 6.09 Å². The van der Waals surface area contributed by atoms with Crippen LogP contribution in [0.15, 0.2) is 24.7 Å². The number of aromatic nitrogens is 3. The van der Waals surface area contributed by atoms with Gasteiger partial charge in [-0.1, -0.05) is 0 Å². The first-order chi connectivity index (χ1) is 10.3. The second kappa shape index (κ2) is 6.74. The van der Waals surface area contributed by atoms with Crippen LogP contribution in [0, 0.1) is 0 Å². The average molecular weight is 306 g/mol. The van der Waals surface area contributed by atoms with Crippen LogP contribution in [0.3, 0.4) is 0 Å². The van der Waals surface area contributed by atoms with Crippen molar-refractivity contribution in [1.29, 1.82) is 0 Å². The zero-order chi connectivity index (χ0) is 16.2. The molecule has 2 heterocycles. The predicted octanol–water partition coefficient (Wildman–Crippen LogP) is 1.71. The Morgan fingerprint density at radius 1 is 1.45 bits per heavy atom. The van der Waals surface area contributed by atoms with E-state index in [2.05, 4.69) is 15.3 Å². The lowest BCUT2D eigenvalue weighted by Gasteiger charge is -2.20. The van der Waals surface area contributed by atoms with E-state index in [1.165, 1.54) is 0 Å². The highest BCUT2D eigenvalue weighted by Gasteiger charge is 2.16. The molecule has 0 bridgehead atoms. The Morgan fingerprint density at radius 3 is 2.95 bits per heavy atom. The number of hydrogen-bond donors (Lipinski definition) is 2. The third-order valence-electron chi connectivity index (χ3n) is 2.98. The zero-order valence-electron chi connectivity index (χ0n) is 13.1. The number of fused-ring (bicyclic) bond motifs is 1. The van der Waals surface area contributed by atoms with Gasteiger partial charge in [0.2, 0.25) is 0 Å². The summed E-state index contributed by atoms with van der Waals surface area (Å²) in [6, 6.07) is 3.78. The first-order valence-electron chi connectivity index (χ1n) is 7.26. The Morgan fingerprint density at radius 2 is 2.23 bits per heavy atom. The molecule has 0 aliphatic heterocycles. The molecule has 2 rings (SSSR count). The molecule has 2 aromatic heterocycles. The minimum absolute atomic E-state index is 0.153. The standard InChI is InChI=1S/C15H22N4O3/c1-15(2,3)22-14(21)17-9-11(20)6-8-19-10-18-13-12(19)5-4-7-16-13/h4-5,7,10-11,20H,6,8-9H2,1-3H3,(H,17,21). The lowest BCUT2D eigenvalue weighted by atomic mass is 10.2. The van der Waals surface area contributed by atoms with Crippen molar-refractivity contribution in [3.8, 4) is 0 Å². The van der Waals surface area contributed by atoms with Gasteiger partial charge in [0.05, 0.1) is 17.9 Å². The zero-order valence-corrected chi connectivity index (χ0v) is 13.1. The summed E-state index contributed by atoms with van der Waals surface area (Å²) in [5.74, 6) is 0. The third-order valence-corrected chi connectivity index (χ3v) is 2.98. The van der Waals surface area contributed by atoms with Gasteiger partial charge in [-0.25, -0.2) is 14.8 Å². The van der Waals surface area contributed by atoms with Crippen LogP contribution < -0.4 is 5.32 Å². The first kappa shape index (κ1) is 16.2. The number of aliphatic hydroxyl groups is 1. The first-order valence-corrected chi connectivity index (χ1v) is 7.26. The van der Waals surface area contributed by atoms with Gasteiger partial charge in [-0.2, -0.15) is 0 Å². The van der Waals surface area contributed by atoms with E-state index < -0.39 is 17.8 Å². The van der Waals surface area contributed by atoms with Crippen LogP contribution in [0.1, 0.15) is 27.2 Å². The number of aliphatic hydroxyl groups excluding tert-OH is 1. The van der Waals surface area contributed by atoms with Crippen LogP contribution in [-0.4, -0.2) is 44.0 Å². The number of imidazole rings is 1. The predicted molar refractivity (Wildman–Crippen MR) is 82.4 cm³/mol. The van der Waals surface area contributed by atoms with Crippen molar-refractivity contribution in [2.24, 2.45) is 0 Å². The molecule has 0 saturated carbocycles. The Balaban J connectivity index is 1.78. The Labute approximate surface area is 129 Å². The molecule has 120 valence electrons. The second-order valence-electron chi connectivity index (χ2n) is 6.11. The maximum absolute atomic E-state index is 11.5. The summed E-state index contributed by atoms with van der Waals surface area (Å²) in [6.07, 6.45) is 2.71. The number of amides is 1. The highest BCUT2D eigenvalue weighted by molar-refractivity contribution is 5.70. The molecule has 0 fully saturated rings. The summed E-state index contributed by atoms with van der Waals surface area (Å²) in [5, 5.41) is 12.5. The molecular formula is C15H22N4O3. The van der Waals surface area contributed by atoms with Crippen LogP contribution in [-0.2, 0) is 11.3 Å². The van der Waals surface area contributed by atoms with Gasteiger partial charge in [-0.15, -0.1) is 0 Å². The largest absolute Gasteiger partial charge is 0.444 e. The lowest BCUT2D eigenvalue weighted by Crippen LogP contribution is -2.37. The van der Waals surface area contributed by atoms with Gasteiger partial charge in [0.15, 0.2) is 5.65 Å². The second-order valence-corrected chi connectivity index (χ2v) is 6.11. The number of alkyl carbamates (subject to hydrolysis) is 1. The van der Waals surface area contributed by atoms with Gasteiger partial charge in [-0.3, -0.25) is 0 Å². The number of carbonyl (C=O) groups is 1. The minimum atomic E-state index is -0.651. The molecule has 7 nitrogen and oxygen atoms in total. The van der Waals surface area contributed by atoms with Gasteiger partial charge in [0.25, 0.3) is 0 Å². The summed E-state index contributed by atoms with van der Waals surface area (Å²) in [7, 11) is 0. The van der Waals surface area contributed by atoms with Crippen molar-refractivity contribution in [3.05, 3.63) is 24.7 Å². The van der Waals surface area contributed by atoms with Gasteiger partial charge < -0.3 is 19.7 Å². The number of pyridine rings is 1. The lowest BCUT2D eigenvalue weighted by molar-refractivity contribution is 0.0487. The van der Waals surface area contributed by atoms with Gasteiger partial charge in [0.1, 0.15) is 5.60 Å². The van der Waals surface area contributed by atoms with E-state index in [1.807, 2.05) is 16.7 Å². The summed E-state index contributed by atoms with van der Waals surface area (Å²) < 4.78 is 7.04. The molecule has 1 unspecified atom stereocenters. The Hall–Kier alpha value is -2.15. The molecule has 0 aromatic carbocycles. The van der Waals surface area contributed by atoms with E-state index in [-0.39, 0.29) is 6.54 Å². The van der Waals surface area contributed by atoms with Crippen LogP contribution in [0.4, 0.5) is 4.79 Å². The number of rotatable bonds is 5. The van der Waals surface area contributed by atoms with Crippen LogP contribution in [0.25, 0.3) is 11.2 Å². The Kier molecular flexibility index (Phi) is 4.97. The van der Waals surface area contributed by atoms with E-state index in [1.54, 1.807) is 33.3 Å². The fourth-order valence-corrected chi connectivity index (χ4v) is 1.98. The van der Waals surface area contributed by atoms with Crippen molar-refractivity contribution in [2.75, 3.05) is 6.54 Å². The van der Waals surface area contributed by atoms with Crippen LogP contribution >= 0.6 is 0 Å². The summed E-state index contributed by atoms with van der Waals surface area (Å²) >= 11 is 0. The van der Waals surface area contributed by atoms with Crippen LogP contribution in [0.2, 0.25) is 0 Å². The molecule has 2 N–H and O–H groups in total. The van der Waals surface area contributed by atoms with E-state index in [0.29, 0.717) is 18.6 Å². The smallest absolute Gasteiger partial charge is 0.407 e. The third kappa shape index (κ3) is 4.70. The fourth-order valence-electron chi connectivity index (χ4n) is 1.98. The average Bonchev–Trinajstić information content (AvgIpc) is 2.84. The van der Waals surface area contributed by atoms with Gasteiger partial charge in [0, 0.05) is 19.3 Å². The summed E-state index contributed by atoms with van der Waals surface area (Å²) in [4.78, 5) is 19.8. The number of hydrogen-bond acceptors (Lipinski definition) is 5. The molecule has 7 heteroatoms. The number of nitrogens with zero attached hydrogens (tertiary/aromatic N) is 3. The van der Waals surface area contributed by atoms with Crippen molar-refractivity contribution in [3.63, 3.8) is 0 Å². The molecule has 0 spiro atoms. The fraction of sp³-hybridized carbons (Fsp3) is 0.533. The maximum Gasteiger partial charge on any atom is 0.407 e. The molecule has 0 saturated heterocycles. The number of ether oxygens (including phenoxy) is 1. The minimum Gasteiger partial charge on any atom is -0.444 e.